The van der Waals surface area contributed by atoms with Gasteiger partial charge in [-0.15, -0.1) is 0 Å². The molecule has 0 aliphatic carbocycles. The predicted octanol–water partition coefficient (Wildman–Crippen LogP) is 0.993. The van der Waals surface area contributed by atoms with Crippen molar-refractivity contribution in [2.45, 2.75) is 79.5 Å². The lowest BCUT2D eigenvalue weighted by Gasteiger charge is -2.23. The molecule has 1 heterocycles. The summed E-state index contributed by atoms with van der Waals surface area (Å²) in [5, 5.41) is 0. The van der Waals surface area contributed by atoms with Crippen LogP contribution in [0.1, 0.15) is 41.5 Å². The summed E-state index contributed by atoms with van der Waals surface area (Å²) >= 11 is 0. The van der Waals surface area contributed by atoms with Crippen LogP contribution in [0.15, 0.2) is 87.3 Å². The molecule has 18 heteroatoms. The summed E-state index contributed by atoms with van der Waals surface area (Å²) in [5.74, 6) is -5.70. The van der Waals surface area contributed by atoms with Gasteiger partial charge in [-0.3, -0.25) is 0 Å². The molecule has 1 rings (SSSR count). The van der Waals surface area contributed by atoms with E-state index in [0.717, 1.165) is 0 Å². The van der Waals surface area contributed by atoms with E-state index in [2.05, 4.69) is 39.5 Å². The summed E-state index contributed by atoms with van der Waals surface area (Å²) < 4.78 is 32.6. The summed E-state index contributed by atoms with van der Waals surface area (Å²) in [4.78, 5) is 116. The molecule has 54 heavy (non-hydrogen) atoms. The van der Waals surface area contributed by atoms with Gasteiger partial charge in [-0.2, -0.15) is 0 Å². The molecule has 0 aromatic carbocycles. The molecule has 1 aromatic heterocycles. The lowest BCUT2D eigenvalue weighted by molar-refractivity contribution is -0.155. The molecular formula is C36H45N3O15. The molecule has 0 spiro atoms. The molecule has 3 atom stereocenters. The Morgan fingerprint density at radius 1 is 0.407 bits per heavy atom. The number of aromatic nitrogens is 3. The fraction of sp³-hybridized carbons (Fsp3) is 0.417. The Balaban J connectivity index is 4.07. The Labute approximate surface area is 310 Å². The van der Waals surface area contributed by atoms with Gasteiger partial charge in [0.15, 0.2) is 18.3 Å². The van der Waals surface area contributed by atoms with E-state index in [1.165, 1.54) is 41.5 Å². The molecule has 3 unspecified atom stereocenters. The highest BCUT2D eigenvalue weighted by atomic mass is 16.6. The number of hydrogen-bond donors (Lipinski definition) is 0. The summed E-state index contributed by atoms with van der Waals surface area (Å²) in [6.07, 6.45) is -4.65. The molecule has 0 aliphatic rings. The molecule has 0 radical (unpaired) electrons. The molecular weight excluding hydrogens is 714 g/mol. The van der Waals surface area contributed by atoms with Crippen molar-refractivity contribution in [3.63, 3.8) is 0 Å². The number of ether oxygens (including phenoxy) is 6. The highest BCUT2D eigenvalue weighted by Gasteiger charge is 2.28. The molecule has 18 nitrogen and oxygen atoms in total. The molecule has 0 bridgehead atoms. The third-order valence-corrected chi connectivity index (χ3v) is 6.66. The molecule has 0 aliphatic heterocycles. The van der Waals surface area contributed by atoms with E-state index in [4.69, 9.17) is 28.4 Å². The first-order valence-electron chi connectivity index (χ1n) is 16.0. The molecule has 0 N–H and O–H groups in total. The van der Waals surface area contributed by atoms with Crippen molar-refractivity contribution >= 4 is 35.8 Å². The van der Waals surface area contributed by atoms with Crippen molar-refractivity contribution in [3.8, 4) is 0 Å². The minimum absolute atomic E-state index is 0.0292. The van der Waals surface area contributed by atoms with E-state index in [-0.39, 0.29) is 33.4 Å². The van der Waals surface area contributed by atoms with E-state index in [0.29, 0.717) is 13.7 Å². The van der Waals surface area contributed by atoms with E-state index >= 15 is 0 Å². The van der Waals surface area contributed by atoms with Gasteiger partial charge in [0, 0.05) is 33.4 Å². The van der Waals surface area contributed by atoms with Gasteiger partial charge in [-0.1, -0.05) is 39.5 Å². The standard InChI is InChI=1S/C36H45N3O15/c1-19(2)28(40)49-16-25(52-31(43)22(7)8)13-37-34(46)38(14-26(53-32(44)23(9)10)17-50-29(41)20(3)4)36(48)39(35(37)47)15-27(54-33(45)24(11)12)18-51-30(42)21(5)6/h25-27H,1,3,5,7,9,11,13-18H2,2,4,6,8,10,12H3. The predicted molar refractivity (Wildman–Crippen MR) is 191 cm³/mol. The number of carbonyl (C=O) groups excluding carboxylic acids is 6. The van der Waals surface area contributed by atoms with Crippen molar-refractivity contribution < 1.29 is 57.2 Å². The largest absolute Gasteiger partial charge is 0.458 e. The van der Waals surface area contributed by atoms with E-state index in [1.807, 2.05) is 0 Å². The third-order valence-electron chi connectivity index (χ3n) is 6.66. The zero-order valence-electron chi connectivity index (χ0n) is 31.2. The van der Waals surface area contributed by atoms with Crippen molar-refractivity contribution in [2.75, 3.05) is 19.8 Å². The number of esters is 6. The Morgan fingerprint density at radius 2 is 0.593 bits per heavy atom. The fourth-order valence-electron chi connectivity index (χ4n) is 3.77. The summed E-state index contributed by atoms with van der Waals surface area (Å²) in [6.45, 7) is 24.1. The van der Waals surface area contributed by atoms with Crippen molar-refractivity contribution in [1.29, 1.82) is 0 Å². The van der Waals surface area contributed by atoms with Crippen LogP contribution >= 0.6 is 0 Å². The summed E-state index contributed by atoms with van der Waals surface area (Å²) in [6, 6.07) is 0. The number of carbonyl (C=O) groups is 6. The Bertz CT molecular complexity index is 1690. The first kappa shape index (κ1) is 45.7. The van der Waals surface area contributed by atoms with Gasteiger partial charge in [-0.05, 0) is 41.5 Å². The van der Waals surface area contributed by atoms with Crippen LogP contribution in [0.5, 0.6) is 0 Å². The minimum atomic E-state index is -1.55. The SMILES string of the molecule is C=C(C)C(=O)OCC(Cn1c(=O)n(CC(COC(=O)C(=C)C)OC(=O)C(=C)C)c(=O)n(CC(COC(=O)C(=C)C)OC(=O)C(=C)C)c1=O)OC(=O)C(=C)C. The van der Waals surface area contributed by atoms with Gasteiger partial charge in [-0.25, -0.2) is 56.9 Å². The molecule has 294 valence electrons. The first-order chi connectivity index (χ1) is 25.0. The Hall–Kier alpha value is -6.33. The summed E-state index contributed by atoms with van der Waals surface area (Å²) in [7, 11) is 0. The van der Waals surface area contributed by atoms with Crippen molar-refractivity contribution in [2.24, 2.45) is 0 Å². The van der Waals surface area contributed by atoms with Gasteiger partial charge in [0.1, 0.15) is 19.8 Å². The topological polar surface area (TPSA) is 224 Å². The Kier molecular flexibility index (Phi) is 17.5. The van der Waals surface area contributed by atoms with Crippen LogP contribution in [-0.4, -0.2) is 87.6 Å². The van der Waals surface area contributed by atoms with Gasteiger partial charge >= 0.3 is 52.9 Å². The van der Waals surface area contributed by atoms with Crippen LogP contribution in [0.4, 0.5) is 0 Å². The molecule has 0 saturated carbocycles. The highest BCUT2D eigenvalue weighted by Crippen LogP contribution is 2.08. The second-order valence-corrected chi connectivity index (χ2v) is 12.2. The normalized spacial score (nSPS) is 12.1. The van der Waals surface area contributed by atoms with Crippen LogP contribution in [-0.2, 0) is 76.8 Å². The third kappa shape index (κ3) is 14.0. The second-order valence-electron chi connectivity index (χ2n) is 12.2. The maximum absolute atomic E-state index is 14.0. The quantitative estimate of drug-likeness (QED) is 0.0968. The maximum atomic E-state index is 14.0. The highest BCUT2D eigenvalue weighted by molar-refractivity contribution is 5.89. The number of hydrogen-bond acceptors (Lipinski definition) is 15. The van der Waals surface area contributed by atoms with Gasteiger partial charge < -0.3 is 28.4 Å². The van der Waals surface area contributed by atoms with Gasteiger partial charge in [0.05, 0.1) is 19.6 Å². The molecule has 0 saturated heterocycles. The molecule has 0 amide bonds. The van der Waals surface area contributed by atoms with Crippen LogP contribution in [0.3, 0.4) is 0 Å². The van der Waals surface area contributed by atoms with Crippen LogP contribution in [0.25, 0.3) is 0 Å². The lowest BCUT2D eigenvalue weighted by Crippen LogP contribution is -2.58. The average molecular weight is 760 g/mol. The van der Waals surface area contributed by atoms with E-state index < -0.39 is 111 Å². The zero-order chi connectivity index (χ0) is 41.6. The first-order valence-corrected chi connectivity index (χ1v) is 16.0. The van der Waals surface area contributed by atoms with Gasteiger partial charge in [0.25, 0.3) is 0 Å². The Morgan fingerprint density at radius 3 is 0.759 bits per heavy atom. The molecule has 0 fully saturated rings. The monoisotopic (exact) mass is 759 g/mol. The maximum Gasteiger partial charge on any atom is 0.336 e. The number of nitrogens with zero attached hydrogens (tertiary/aromatic N) is 3. The lowest BCUT2D eigenvalue weighted by atomic mass is 10.3. The van der Waals surface area contributed by atoms with E-state index in [1.54, 1.807) is 0 Å². The van der Waals surface area contributed by atoms with Gasteiger partial charge in [0.2, 0.25) is 0 Å². The van der Waals surface area contributed by atoms with Crippen LogP contribution in [0.2, 0.25) is 0 Å². The average Bonchev–Trinajstić information content (AvgIpc) is 3.08. The van der Waals surface area contributed by atoms with Crippen molar-refractivity contribution in [1.82, 2.24) is 13.7 Å². The van der Waals surface area contributed by atoms with Crippen LogP contribution in [0, 0.1) is 0 Å². The second kappa shape index (κ2) is 20.6. The smallest absolute Gasteiger partial charge is 0.336 e. The van der Waals surface area contributed by atoms with E-state index in [9.17, 15) is 43.2 Å². The zero-order valence-corrected chi connectivity index (χ0v) is 31.2. The summed E-state index contributed by atoms with van der Waals surface area (Å²) in [5.41, 5.74) is -4.44. The number of rotatable bonds is 21. The van der Waals surface area contributed by atoms with Crippen molar-refractivity contribution in [3.05, 3.63) is 104 Å². The van der Waals surface area contributed by atoms with Crippen LogP contribution < -0.4 is 17.1 Å². The minimum Gasteiger partial charge on any atom is -0.458 e. The fourth-order valence-corrected chi connectivity index (χ4v) is 3.77. The molecule has 1 aromatic rings.